The molecule has 2 aromatic rings. The van der Waals surface area contributed by atoms with E-state index in [1.165, 1.54) is 0 Å². The number of nitrogens with two attached hydrogens (primary N) is 2. The fourth-order valence-corrected chi connectivity index (χ4v) is 2.37. The summed E-state index contributed by atoms with van der Waals surface area (Å²) in [5, 5.41) is 0. The Morgan fingerprint density at radius 2 is 1.05 bits per heavy atom. The van der Waals surface area contributed by atoms with Crippen LogP contribution in [0.25, 0.3) is 0 Å². The van der Waals surface area contributed by atoms with E-state index in [9.17, 15) is 4.79 Å². The second-order valence-corrected chi connectivity index (χ2v) is 5.47. The molecule has 0 aliphatic rings. The van der Waals surface area contributed by atoms with Gasteiger partial charge < -0.3 is 11.5 Å². The molecule has 0 aliphatic heterocycles. The molecule has 2 unspecified atom stereocenters. The van der Waals surface area contributed by atoms with Crippen LogP contribution < -0.4 is 11.5 Å². The van der Waals surface area contributed by atoms with Crippen molar-refractivity contribution in [2.45, 2.75) is 24.9 Å². The molecule has 0 saturated heterocycles. The zero-order valence-electron chi connectivity index (χ0n) is 11.8. The summed E-state index contributed by atoms with van der Waals surface area (Å²) in [6.07, 6.45) is 0. The molecular formula is C17H20N2O. The zero-order chi connectivity index (χ0) is 14.8. The van der Waals surface area contributed by atoms with Crippen molar-refractivity contribution in [3.63, 3.8) is 0 Å². The Labute approximate surface area is 119 Å². The van der Waals surface area contributed by atoms with Crippen LogP contribution in [-0.4, -0.2) is 5.78 Å². The monoisotopic (exact) mass is 268 g/mol. The quantitative estimate of drug-likeness (QED) is 0.894. The molecule has 3 heteroatoms. The van der Waals surface area contributed by atoms with E-state index in [1.807, 2.05) is 60.7 Å². The van der Waals surface area contributed by atoms with Gasteiger partial charge in [-0.2, -0.15) is 0 Å². The van der Waals surface area contributed by atoms with Gasteiger partial charge in [-0.1, -0.05) is 60.7 Å². The smallest absolute Gasteiger partial charge is 0.180 e. The summed E-state index contributed by atoms with van der Waals surface area (Å²) < 4.78 is 0. The number of carbonyl (C=O) groups is 1. The lowest BCUT2D eigenvalue weighted by molar-refractivity contribution is -0.129. The number of hydrogen-bond acceptors (Lipinski definition) is 3. The molecule has 20 heavy (non-hydrogen) atoms. The van der Waals surface area contributed by atoms with Crippen molar-refractivity contribution >= 4 is 5.78 Å². The molecule has 0 bridgehead atoms. The highest BCUT2D eigenvalue weighted by Crippen LogP contribution is 2.29. The number of hydrogen-bond donors (Lipinski definition) is 2. The predicted octanol–water partition coefficient (Wildman–Crippen LogP) is 2.30. The van der Waals surface area contributed by atoms with Crippen LogP contribution in [0.3, 0.4) is 0 Å². The lowest BCUT2D eigenvalue weighted by Crippen LogP contribution is -2.55. The SMILES string of the molecule is CC(N)(C(=O)C(C)(N)c1ccccc1)c1ccccc1. The summed E-state index contributed by atoms with van der Waals surface area (Å²) in [6, 6.07) is 18.6. The minimum Gasteiger partial charge on any atom is -0.315 e. The van der Waals surface area contributed by atoms with Crippen molar-refractivity contribution in [2.24, 2.45) is 11.5 Å². The topological polar surface area (TPSA) is 69.1 Å². The second kappa shape index (κ2) is 5.19. The van der Waals surface area contributed by atoms with E-state index >= 15 is 0 Å². The highest BCUT2D eigenvalue weighted by atomic mass is 16.1. The van der Waals surface area contributed by atoms with Crippen LogP contribution in [0.1, 0.15) is 25.0 Å². The van der Waals surface area contributed by atoms with E-state index in [0.717, 1.165) is 11.1 Å². The van der Waals surface area contributed by atoms with Crippen molar-refractivity contribution in [3.8, 4) is 0 Å². The number of ketones is 1. The first-order chi connectivity index (χ1) is 9.37. The van der Waals surface area contributed by atoms with Crippen LogP contribution in [0.5, 0.6) is 0 Å². The van der Waals surface area contributed by atoms with E-state index in [2.05, 4.69) is 0 Å². The van der Waals surface area contributed by atoms with Crippen molar-refractivity contribution in [1.29, 1.82) is 0 Å². The Kier molecular flexibility index (Phi) is 3.75. The molecule has 0 spiro atoms. The molecule has 0 radical (unpaired) electrons. The van der Waals surface area contributed by atoms with Gasteiger partial charge in [-0.3, -0.25) is 4.79 Å². The van der Waals surface area contributed by atoms with Crippen LogP contribution in [0, 0.1) is 0 Å². The fourth-order valence-electron chi connectivity index (χ4n) is 2.37. The second-order valence-electron chi connectivity index (χ2n) is 5.47. The average molecular weight is 268 g/mol. The van der Waals surface area contributed by atoms with Gasteiger partial charge in [0.15, 0.2) is 5.78 Å². The van der Waals surface area contributed by atoms with Crippen LogP contribution in [0.2, 0.25) is 0 Å². The van der Waals surface area contributed by atoms with E-state index < -0.39 is 11.1 Å². The summed E-state index contributed by atoms with van der Waals surface area (Å²) in [5.41, 5.74) is 11.8. The Morgan fingerprint density at radius 1 is 0.750 bits per heavy atom. The van der Waals surface area contributed by atoms with Crippen LogP contribution in [0.15, 0.2) is 60.7 Å². The van der Waals surface area contributed by atoms with Gasteiger partial charge in [0.1, 0.15) is 0 Å². The molecule has 4 N–H and O–H groups in total. The van der Waals surface area contributed by atoms with Crippen LogP contribution in [0.4, 0.5) is 0 Å². The van der Waals surface area contributed by atoms with Gasteiger partial charge in [0.25, 0.3) is 0 Å². The van der Waals surface area contributed by atoms with Crippen LogP contribution in [-0.2, 0) is 15.9 Å². The lowest BCUT2D eigenvalue weighted by atomic mass is 9.76. The van der Waals surface area contributed by atoms with Gasteiger partial charge in [-0.15, -0.1) is 0 Å². The van der Waals surface area contributed by atoms with Gasteiger partial charge in [-0.05, 0) is 25.0 Å². The average Bonchev–Trinajstić information content (AvgIpc) is 2.48. The third-order valence-corrected chi connectivity index (χ3v) is 3.69. The number of Topliss-reactive ketones (excluding diaryl/α,β-unsaturated/α-hetero) is 1. The highest BCUT2D eigenvalue weighted by Gasteiger charge is 2.42. The van der Waals surface area contributed by atoms with Crippen molar-refractivity contribution in [2.75, 3.05) is 0 Å². The maximum atomic E-state index is 12.8. The largest absolute Gasteiger partial charge is 0.315 e. The van der Waals surface area contributed by atoms with E-state index in [-0.39, 0.29) is 5.78 Å². The summed E-state index contributed by atoms with van der Waals surface area (Å²) in [7, 11) is 0. The zero-order valence-corrected chi connectivity index (χ0v) is 11.8. The molecule has 0 aliphatic carbocycles. The first-order valence-electron chi connectivity index (χ1n) is 6.60. The molecule has 0 amide bonds. The molecule has 0 fully saturated rings. The Morgan fingerprint density at radius 3 is 1.35 bits per heavy atom. The lowest BCUT2D eigenvalue weighted by Gasteiger charge is -2.33. The third-order valence-electron chi connectivity index (χ3n) is 3.69. The first kappa shape index (κ1) is 14.4. The standard InChI is InChI=1S/C17H20N2O/c1-16(18,13-9-5-3-6-10-13)15(20)17(2,19)14-11-7-4-8-12-14/h3-12H,18-19H2,1-2H3. The minimum absolute atomic E-state index is 0.206. The Hall–Kier alpha value is -1.97. The van der Waals surface area contributed by atoms with Gasteiger partial charge in [0, 0.05) is 0 Å². The van der Waals surface area contributed by atoms with Gasteiger partial charge in [0.05, 0.1) is 11.1 Å². The molecular weight excluding hydrogens is 248 g/mol. The summed E-state index contributed by atoms with van der Waals surface area (Å²) in [4.78, 5) is 12.8. The fraction of sp³-hybridized carbons (Fsp3) is 0.235. The molecule has 2 rings (SSSR count). The summed E-state index contributed by atoms with van der Waals surface area (Å²) >= 11 is 0. The van der Waals surface area contributed by atoms with Crippen molar-refractivity contribution < 1.29 is 4.79 Å². The predicted molar refractivity (Wildman–Crippen MR) is 81.0 cm³/mol. The maximum absolute atomic E-state index is 12.8. The van der Waals surface area contributed by atoms with Gasteiger partial charge >= 0.3 is 0 Å². The summed E-state index contributed by atoms with van der Waals surface area (Å²) in [6.45, 7) is 3.41. The molecule has 0 heterocycles. The highest BCUT2D eigenvalue weighted by molar-refractivity contribution is 5.97. The normalized spacial score (nSPS) is 17.0. The minimum atomic E-state index is -1.12. The first-order valence-corrected chi connectivity index (χ1v) is 6.60. The molecule has 0 saturated carbocycles. The van der Waals surface area contributed by atoms with Crippen molar-refractivity contribution in [1.82, 2.24) is 0 Å². The van der Waals surface area contributed by atoms with E-state index in [1.54, 1.807) is 13.8 Å². The van der Waals surface area contributed by atoms with Gasteiger partial charge in [0.2, 0.25) is 0 Å². The Bertz CT molecular complexity index is 535. The van der Waals surface area contributed by atoms with E-state index in [4.69, 9.17) is 11.5 Å². The Balaban J connectivity index is 2.40. The molecule has 2 atom stereocenters. The maximum Gasteiger partial charge on any atom is 0.180 e. The number of carbonyl (C=O) groups excluding carboxylic acids is 1. The molecule has 0 aromatic heterocycles. The molecule has 3 nitrogen and oxygen atoms in total. The summed E-state index contributed by atoms with van der Waals surface area (Å²) in [5.74, 6) is -0.206. The van der Waals surface area contributed by atoms with Gasteiger partial charge in [-0.25, -0.2) is 0 Å². The van der Waals surface area contributed by atoms with Crippen molar-refractivity contribution in [3.05, 3.63) is 71.8 Å². The third kappa shape index (κ3) is 2.50. The number of rotatable bonds is 4. The molecule has 104 valence electrons. The van der Waals surface area contributed by atoms with E-state index in [0.29, 0.717) is 0 Å². The van der Waals surface area contributed by atoms with Crippen LogP contribution >= 0.6 is 0 Å². The molecule has 2 aromatic carbocycles. The number of benzene rings is 2.